The Bertz CT molecular complexity index is 429. The molecule has 0 amide bonds. The van der Waals surface area contributed by atoms with Gasteiger partial charge in [0.25, 0.3) is 0 Å². The first-order valence-electron chi connectivity index (χ1n) is 8.35. The summed E-state index contributed by atoms with van der Waals surface area (Å²) in [6, 6.07) is 9.69. The molecule has 0 bridgehead atoms. The number of piperidine rings is 1. The second-order valence-corrected chi connectivity index (χ2v) is 6.44. The quantitative estimate of drug-likeness (QED) is 0.728. The second-order valence-electron chi connectivity index (χ2n) is 6.44. The molecule has 2 aliphatic heterocycles. The van der Waals surface area contributed by atoms with Crippen molar-refractivity contribution in [3.63, 3.8) is 0 Å². The second kappa shape index (κ2) is 7.92. The summed E-state index contributed by atoms with van der Waals surface area (Å²) in [4.78, 5) is 2.37. The molecule has 1 atom stereocenters. The molecule has 1 aromatic carbocycles. The Balaban J connectivity index is 1.35. The molecular weight excluding hydrogens is 278 g/mol. The van der Waals surface area contributed by atoms with Gasteiger partial charge in [-0.1, -0.05) is 18.2 Å². The number of ether oxygens (including phenoxy) is 1. The third kappa shape index (κ3) is 4.43. The molecule has 5 heteroatoms. The maximum Gasteiger partial charge on any atom is 0.119 e. The Hall–Kier alpha value is -1.14. The van der Waals surface area contributed by atoms with Gasteiger partial charge in [-0.05, 0) is 49.9 Å². The van der Waals surface area contributed by atoms with Gasteiger partial charge >= 0.3 is 0 Å². The van der Waals surface area contributed by atoms with E-state index in [9.17, 15) is 5.11 Å². The Morgan fingerprint density at radius 3 is 2.45 bits per heavy atom. The lowest BCUT2D eigenvalue weighted by Gasteiger charge is -2.35. The minimum atomic E-state index is -0.424. The highest BCUT2D eigenvalue weighted by atomic mass is 16.5. The van der Waals surface area contributed by atoms with E-state index in [0.717, 1.165) is 43.8 Å². The molecule has 0 radical (unpaired) electrons. The largest absolute Gasteiger partial charge is 0.491 e. The number of rotatable bonds is 6. The van der Waals surface area contributed by atoms with Gasteiger partial charge in [0.2, 0.25) is 0 Å². The van der Waals surface area contributed by atoms with Gasteiger partial charge in [-0.3, -0.25) is 10.9 Å². The van der Waals surface area contributed by atoms with Crippen molar-refractivity contribution in [3.8, 4) is 5.75 Å². The van der Waals surface area contributed by atoms with Crippen LogP contribution in [0.5, 0.6) is 5.75 Å². The zero-order valence-electron chi connectivity index (χ0n) is 13.1. The number of aliphatic hydroxyl groups is 1. The van der Waals surface area contributed by atoms with Gasteiger partial charge in [0.05, 0.1) is 0 Å². The van der Waals surface area contributed by atoms with Crippen LogP contribution in [0.2, 0.25) is 0 Å². The van der Waals surface area contributed by atoms with E-state index in [1.165, 1.54) is 12.8 Å². The van der Waals surface area contributed by atoms with Gasteiger partial charge in [-0.2, -0.15) is 0 Å². The number of hydrazine groups is 1. The summed E-state index contributed by atoms with van der Waals surface area (Å²) in [5.41, 5.74) is 6.45. The van der Waals surface area contributed by atoms with E-state index in [0.29, 0.717) is 13.2 Å². The predicted octanol–water partition coefficient (Wildman–Crippen LogP) is 0.862. The van der Waals surface area contributed by atoms with Gasteiger partial charge in [0, 0.05) is 19.6 Å². The van der Waals surface area contributed by atoms with E-state index < -0.39 is 6.10 Å². The van der Waals surface area contributed by atoms with Crippen LogP contribution in [0.3, 0.4) is 0 Å². The molecule has 0 aliphatic carbocycles. The number of nitrogens with zero attached hydrogens (tertiary/aromatic N) is 1. The summed E-state index contributed by atoms with van der Waals surface area (Å²) in [5.74, 6) is 2.41. The number of benzene rings is 1. The highest BCUT2D eigenvalue weighted by Crippen LogP contribution is 2.25. The zero-order chi connectivity index (χ0) is 15.2. The topological polar surface area (TPSA) is 56.8 Å². The van der Waals surface area contributed by atoms with E-state index in [1.807, 2.05) is 30.3 Å². The lowest BCUT2D eigenvalue weighted by atomic mass is 9.85. The molecule has 2 heterocycles. The fraction of sp³-hybridized carbons (Fsp3) is 0.647. The molecular formula is C17H27N3O2. The van der Waals surface area contributed by atoms with Crippen molar-refractivity contribution >= 4 is 0 Å². The fourth-order valence-electron chi connectivity index (χ4n) is 3.48. The third-order valence-electron chi connectivity index (χ3n) is 4.81. The summed E-state index contributed by atoms with van der Waals surface area (Å²) in [5, 5.41) is 10.2. The normalized spacial score (nSPS) is 22.8. The lowest BCUT2D eigenvalue weighted by Crippen LogP contribution is -2.42. The van der Waals surface area contributed by atoms with Gasteiger partial charge in [-0.15, -0.1) is 0 Å². The molecule has 22 heavy (non-hydrogen) atoms. The highest BCUT2D eigenvalue weighted by molar-refractivity contribution is 5.20. The first-order chi connectivity index (χ1) is 10.8. The SMILES string of the molecule is OC(COc1ccccc1)CN1CCC(C2CNNC2)CC1. The van der Waals surface area contributed by atoms with Crippen molar-refractivity contribution in [1.29, 1.82) is 0 Å². The van der Waals surface area contributed by atoms with Crippen molar-refractivity contribution < 1.29 is 9.84 Å². The van der Waals surface area contributed by atoms with E-state index in [2.05, 4.69) is 15.8 Å². The van der Waals surface area contributed by atoms with Crippen LogP contribution in [-0.4, -0.2) is 55.4 Å². The first kappa shape index (κ1) is 15.7. The van der Waals surface area contributed by atoms with Crippen LogP contribution in [0, 0.1) is 11.8 Å². The number of β-amino-alcohol motifs (C(OH)–C–C–N with tert-alkyl or cyclic N) is 1. The maximum atomic E-state index is 10.2. The summed E-state index contributed by atoms with van der Waals surface area (Å²) in [6.07, 6.45) is 2.05. The van der Waals surface area contributed by atoms with Crippen molar-refractivity contribution in [2.45, 2.75) is 18.9 Å². The smallest absolute Gasteiger partial charge is 0.119 e. The Kier molecular flexibility index (Phi) is 5.67. The van der Waals surface area contributed by atoms with Gasteiger partial charge < -0.3 is 14.7 Å². The van der Waals surface area contributed by atoms with Crippen LogP contribution in [-0.2, 0) is 0 Å². The van der Waals surface area contributed by atoms with Crippen molar-refractivity contribution in [2.24, 2.45) is 11.8 Å². The molecule has 0 saturated carbocycles. The first-order valence-corrected chi connectivity index (χ1v) is 8.35. The minimum Gasteiger partial charge on any atom is -0.491 e. The minimum absolute atomic E-state index is 0.362. The molecule has 122 valence electrons. The third-order valence-corrected chi connectivity index (χ3v) is 4.81. The number of hydrogen-bond donors (Lipinski definition) is 3. The summed E-state index contributed by atoms with van der Waals surface area (Å²) in [6.45, 7) is 5.44. The fourth-order valence-corrected chi connectivity index (χ4v) is 3.48. The zero-order valence-corrected chi connectivity index (χ0v) is 13.1. The standard InChI is InChI=1S/C17H27N3O2/c21-16(13-22-17-4-2-1-3-5-17)12-20-8-6-14(7-9-20)15-10-18-19-11-15/h1-5,14-16,18-19,21H,6-13H2. The lowest BCUT2D eigenvalue weighted by molar-refractivity contribution is 0.0508. The molecule has 3 N–H and O–H groups in total. The molecule has 0 aromatic heterocycles. The number of para-hydroxylation sites is 1. The number of hydrogen-bond acceptors (Lipinski definition) is 5. The molecule has 1 unspecified atom stereocenters. The van der Waals surface area contributed by atoms with E-state index in [-0.39, 0.29) is 0 Å². The molecule has 2 aliphatic rings. The van der Waals surface area contributed by atoms with Crippen LogP contribution in [0.1, 0.15) is 12.8 Å². The van der Waals surface area contributed by atoms with Crippen molar-refractivity contribution in [3.05, 3.63) is 30.3 Å². The van der Waals surface area contributed by atoms with Gasteiger partial charge in [0.15, 0.2) is 0 Å². The molecule has 5 nitrogen and oxygen atoms in total. The average molecular weight is 305 g/mol. The monoisotopic (exact) mass is 305 g/mol. The Morgan fingerprint density at radius 1 is 1.09 bits per heavy atom. The summed E-state index contributed by atoms with van der Waals surface area (Å²) in [7, 11) is 0. The Labute approximate surface area is 132 Å². The van der Waals surface area contributed by atoms with Crippen LogP contribution in [0.25, 0.3) is 0 Å². The van der Waals surface area contributed by atoms with E-state index in [1.54, 1.807) is 0 Å². The summed E-state index contributed by atoms with van der Waals surface area (Å²) < 4.78 is 5.62. The number of likely N-dealkylation sites (tertiary alicyclic amines) is 1. The molecule has 0 spiro atoms. The molecule has 2 fully saturated rings. The van der Waals surface area contributed by atoms with Gasteiger partial charge in [0.1, 0.15) is 18.5 Å². The molecule has 2 saturated heterocycles. The average Bonchev–Trinajstić information content (AvgIpc) is 3.09. The molecule has 1 aromatic rings. The van der Waals surface area contributed by atoms with Crippen molar-refractivity contribution in [1.82, 2.24) is 15.8 Å². The van der Waals surface area contributed by atoms with Gasteiger partial charge in [-0.25, -0.2) is 0 Å². The van der Waals surface area contributed by atoms with Crippen LogP contribution in [0.15, 0.2) is 30.3 Å². The van der Waals surface area contributed by atoms with Crippen LogP contribution < -0.4 is 15.6 Å². The van der Waals surface area contributed by atoms with E-state index in [4.69, 9.17) is 4.74 Å². The van der Waals surface area contributed by atoms with Crippen LogP contribution in [0.4, 0.5) is 0 Å². The van der Waals surface area contributed by atoms with Crippen LogP contribution >= 0.6 is 0 Å². The number of aliphatic hydroxyl groups excluding tert-OH is 1. The molecule has 3 rings (SSSR count). The van der Waals surface area contributed by atoms with E-state index >= 15 is 0 Å². The number of nitrogens with one attached hydrogen (secondary N) is 2. The summed E-state index contributed by atoms with van der Waals surface area (Å²) >= 11 is 0. The maximum absolute atomic E-state index is 10.2. The van der Waals surface area contributed by atoms with Crippen molar-refractivity contribution in [2.75, 3.05) is 39.3 Å². The Morgan fingerprint density at radius 2 is 1.77 bits per heavy atom. The highest BCUT2D eigenvalue weighted by Gasteiger charge is 2.29. The predicted molar refractivity (Wildman–Crippen MR) is 86.6 cm³/mol.